The van der Waals surface area contributed by atoms with Crippen molar-refractivity contribution in [2.24, 2.45) is 0 Å². The third kappa shape index (κ3) is 8.18. The van der Waals surface area contributed by atoms with Gasteiger partial charge in [0.15, 0.2) is 9.84 Å². The quantitative estimate of drug-likeness (QED) is 0.541. The van der Waals surface area contributed by atoms with Gasteiger partial charge in [0.2, 0.25) is 0 Å². The van der Waals surface area contributed by atoms with Gasteiger partial charge in [-0.1, -0.05) is 0 Å². The first-order valence-electron chi connectivity index (χ1n) is 6.33. The van der Waals surface area contributed by atoms with Gasteiger partial charge in [0.1, 0.15) is 0 Å². The van der Waals surface area contributed by atoms with Crippen LogP contribution in [0.4, 0.5) is 0 Å². The Hall–Kier alpha value is -0.660. The van der Waals surface area contributed by atoms with Gasteiger partial charge in [-0.15, -0.1) is 0 Å². The Morgan fingerprint density at radius 2 is 1.79 bits per heavy atom. The largest absolute Gasteiger partial charge is 0.469 e. The zero-order chi connectivity index (χ0) is 14.9. The molecule has 19 heavy (non-hydrogen) atoms. The number of hydrogen-bond donors (Lipinski definition) is 0. The molecule has 6 nitrogen and oxygen atoms in total. The molecule has 0 aromatic rings. The molecule has 0 aliphatic heterocycles. The molecule has 0 N–H and O–H groups in total. The van der Waals surface area contributed by atoms with Crippen LogP contribution in [0.3, 0.4) is 0 Å². The predicted molar refractivity (Wildman–Crippen MR) is 73.9 cm³/mol. The zero-order valence-electron chi connectivity index (χ0n) is 12.2. The Kier molecular flexibility index (Phi) is 8.95. The van der Waals surface area contributed by atoms with Crippen molar-refractivity contribution in [3.05, 3.63) is 0 Å². The molecule has 114 valence electrons. The molecule has 0 fully saturated rings. The minimum absolute atomic E-state index is 0.0928. The van der Waals surface area contributed by atoms with Gasteiger partial charge < -0.3 is 9.47 Å². The number of methoxy groups -OCH3 is 2. The molecule has 0 amide bonds. The van der Waals surface area contributed by atoms with E-state index in [4.69, 9.17) is 4.74 Å². The maximum absolute atomic E-state index is 11.8. The van der Waals surface area contributed by atoms with Crippen LogP contribution in [0, 0.1) is 0 Å². The van der Waals surface area contributed by atoms with Crippen molar-refractivity contribution < 1.29 is 22.7 Å². The number of carbonyl (C=O) groups is 1. The topological polar surface area (TPSA) is 72.9 Å². The van der Waals surface area contributed by atoms with Crippen LogP contribution in [-0.4, -0.2) is 70.8 Å². The van der Waals surface area contributed by atoms with E-state index in [1.165, 1.54) is 7.11 Å². The van der Waals surface area contributed by atoms with E-state index >= 15 is 0 Å². The van der Waals surface area contributed by atoms with Crippen molar-refractivity contribution in [2.75, 3.05) is 46.2 Å². The van der Waals surface area contributed by atoms with Gasteiger partial charge in [-0.25, -0.2) is 8.42 Å². The van der Waals surface area contributed by atoms with Crippen molar-refractivity contribution in [3.8, 4) is 0 Å². The normalized spacial score (nSPS) is 12.1. The van der Waals surface area contributed by atoms with Gasteiger partial charge in [0.05, 0.1) is 31.1 Å². The summed E-state index contributed by atoms with van der Waals surface area (Å²) in [6, 6.07) is 0. The van der Waals surface area contributed by atoms with Crippen molar-refractivity contribution >= 4 is 15.8 Å². The smallest absolute Gasteiger partial charge is 0.306 e. The van der Waals surface area contributed by atoms with Crippen LogP contribution in [-0.2, 0) is 24.1 Å². The lowest BCUT2D eigenvalue weighted by Crippen LogP contribution is -2.35. The molecule has 0 radical (unpaired) electrons. The Morgan fingerprint density at radius 3 is 2.26 bits per heavy atom. The molecule has 0 spiro atoms. The van der Waals surface area contributed by atoms with Gasteiger partial charge in [-0.3, -0.25) is 9.69 Å². The molecule has 0 rings (SSSR count). The summed E-state index contributed by atoms with van der Waals surface area (Å²) in [4.78, 5) is 13.0. The minimum atomic E-state index is -3.06. The summed E-state index contributed by atoms with van der Waals surface area (Å²) in [5.41, 5.74) is 0. The van der Waals surface area contributed by atoms with Crippen LogP contribution in [0.25, 0.3) is 0 Å². The van der Waals surface area contributed by atoms with Crippen LogP contribution in [0.5, 0.6) is 0 Å². The maximum Gasteiger partial charge on any atom is 0.306 e. The van der Waals surface area contributed by atoms with Crippen molar-refractivity contribution in [1.82, 2.24) is 4.90 Å². The molecule has 0 aliphatic carbocycles. The fourth-order valence-electron chi connectivity index (χ4n) is 1.40. The molecule has 0 unspecified atom stereocenters. The van der Waals surface area contributed by atoms with Crippen molar-refractivity contribution in [2.45, 2.75) is 25.5 Å². The standard InChI is InChI=1S/C12H25NO5S/c1-11(2)19(15,16)10-8-13(7-9-17-3)6-5-12(14)18-4/h11H,5-10H2,1-4H3. The highest BCUT2D eigenvalue weighted by atomic mass is 32.2. The highest BCUT2D eigenvalue weighted by Crippen LogP contribution is 2.03. The van der Waals surface area contributed by atoms with E-state index < -0.39 is 9.84 Å². The lowest BCUT2D eigenvalue weighted by Gasteiger charge is -2.21. The fraction of sp³-hybridized carbons (Fsp3) is 0.917. The monoisotopic (exact) mass is 295 g/mol. The summed E-state index contributed by atoms with van der Waals surface area (Å²) >= 11 is 0. The van der Waals surface area contributed by atoms with E-state index in [9.17, 15) is 13.2 Å². The van der Waals surface area contributed by atoms with Gasteiger partial charge in [-0.05, 0) is 13.8 Å². The van der Waals surface area contributed by atoms with Gasteiger partial charge in [-0.2, -0.15) is 0 Å². The van der Waals surface area contributed by atoms with Crippen LogP contribution >= 0.6 is 0 Å². The van der Waals surface area contributed by atoms with E-state index in [-0.39, 0.29) is 23.4 Å². The highest BCUT2D eigenvalue weighted by Gasteiger charge is 2.18. The molecule has 0 heterocycles. The molecular weight excluding hydrogens is 270 g/mol. The van der Waals surface area contributed by atoms with Crippen molar-refractivity contribution in [3.63, 3.8) is 0 Å². The molecule has 0 saturated heterocycles. The van der Waals surface area contributed by atoms with Gasteiger partial charge in [0, 0.05) is 26.7 Å². The number of sulfone groups is 1. The predicted octanol–water partition coefficient (Wildman–Crippen LogP) is 0.321. The first kappa shape index (κ1) is 18.3. The van der Waals surface area contributed by atoms with Crippen LogP contribution < -0.4 is 0 Å². The number of hydrogen-bond acceptors (Lipinski definition) is 6. The average molecular weight is 295 g/mol. The van der Waals surface area contributed by atoms with Crippen LogP contribution in [0.1, 0.15) is 20.3 Å². The Balaban J connectivity index is 4.31. The fourth-order valence-corrected chi connectivity index (χ4v) is 2.38. The van der Waals surface area contributed by atoms with E-state index in [0.29, 0.717) is 26.2 Å². The second-order valence-corrected chi connectivity index (χ2v) is 7.25. The minimum Gasteiger partial charge on any atom is -0.469 e. The molecule has 7 heteroatoms. The number of rotatable bonds is 10. The summed E-state index contributed by atoms with van der Waals surface area (Å²) in [6.07, 6.45) is 0.252. The lowest BCUT2D eigenvalue weighted by molar-refractivity contribution is -0.141. The maximum atomic E-state index is 11.8. The highest BCUT2D eigenvalue weighted by molar-refractivity contribution is 7.92. The summed E-state index contributed by atoms with van der Waals surface area (Å²) in [7, 11) is -0.136. The molecule has 0 saturated carbocycles. The molecule has 0 bridgehead atoms. The first-order valence-corrected chi connectivity index (χ1v) is 8.04. The molecule has 0 aromatic heterocycles. The number of carbonyl (C=O) groups excluding carboxylic acids is 1. The second kappa shape index (κ2) is 9.28. The van der Waals surface area contributed by atoms with Crippen molar-refractivity contribution in [1.29, 1.82) is 0 Å². The van der Waals surface area contributed by atoms with E-state index in [1.807, 2.05) is 4.90 Å². The summed E-state index contributed by atoms with van der Waals surface area (Å²) in [6.45, 7) is 5.32. The Bertz CT molecular complexity index is 353. The van der Waals surface area contributed by atoms with Crippen LogP contribution in [0.2, 0.25) is 0 Å². The number of esters is 1. The lowest BCUT2D eigenvalue weighted by atomic mass is 10.3. The summed E-state index contributed by atoms with van der Waals surface area (Å²) < 4.78 is 33.1. The zero-order valence-corrected chi connectivity index (χ0v) is 13.0. The van der Waals surface area contributed by atoms with Gasteiger partial charge >= 0.3 is 5.97 Å². The molecular formula is C12H25NO5S. The Morgan fingerprint density at radius 1 is 1.16 bits per heavy atom. The Labute approximate surface area is 116 Å². The second-order valence-electron chi connectivity index (χ2n) is 4.58. The third-order valence-electron chi connectivity index (χ3n) is 2.88. The molecule has 0 aromatic carbocycles. The molecule has 0 aliphatic rings. The van der Waals surface area contributed by atoms with E-state index in [1.54, 1.807) is 21.0 Å². The van der Waals surface area contributed by atoms with Crippen LogP contribution in [0.15, 0.2) is 0 Å². The summed E-state index contributed by atoms with van der Waals surface area (Å²) in [5, 5.41) is -0.377. The SMILES string of the molecule is COCCN(CCC(=O)OC)CCS(=O)(=O)C(C)C. The number of nitrogens with zero attached hydrogens (tertiary/aromatic N) is 1. The van der Waals surface area contributed by atoms with Gasteiger partial charge in [0.25, 0.3) is 0 Å². The third-order valence-corrected chi connectivity index (χ3v) is 5.07. The number of ether oxygens (including phenoxy) is 2. The summed E-state index contributed by atoms with van der Waals surface area (Å²) in [5.74, 6) is -0.204. The van der Waals surface area contributed by atoms with E-state index in [0.717, 1.165) is 0 Å². The first-order chi connectivity index (χ1) is 8.83. The average Bonchev–Trinajstić information content (AvgIpc) is 2.37. The molecule has 0 atom stereocenters. The van der Waals surface area contributed by atoms with E-state index in [2.05, 4.69) is 4.74 Å².